The average Bonchev–Trinajstić information content (AvgIpc) is 2.92. The number of amides is 1. The monoisotopic (exact) mass is 485 g/mol. The first-order valence-corrected chi connectivity index (χ1v) is 12.8. The summed E-state index contributed by atoms with van der Waals surface area (Å²) in [7, 11) is 2.14. The number of hydrogen-bond donors (Lipinski definition) is 2. The van der Waals surface area contributed by atoms with Gasteiger partial charge in [-0.3, -0.25) is 4.79 Å². The molecule has 3 aromatic rings. The zero-order chi connectivity index (χ0) is 25.1. The van der Waals surface area contributed by atoms with Crippen LogP contribution in [0.1, 0.15) is 47.7 Å². The van der Waals surface area contributed by atoms with Crippen LogP contribution < -0.4 is 5.32 Å². The van der Waals surface area contributed by atoms with Crippen molar-refractivity contribution in [3.63, 3.8) is 0 Å². The van der Waals surface area contributed by atoms with Crippen LogP contribution in [0.15, 0.2) is 66.9 Å². The van der Waals surface area contributed by atoms with Crippen molar-refractivity contribution in [3.8, 4) is 0 Å². The van der Waals surface area contributed by atoms with Crippen molar-refractivity contribution >= 4 is 11.9 Å². The number of hydrogen-bond acceptors (Lipinski definition) is 6. The Kier molecular flexibility index (Phi) is 7.30. The number of likely N-dealkylation sites (N-methyl/N-ethyl adjacent to an activating group) is 1. The van der Waals surface area contributed by atoms with Gasteiger partial charge in [-0.1, -0.05) is 60.7 Å². The Labute approximate surface area is 213 Å². The Morgan fingerprint density at radius 2 is 1.86 bits per heavy atom. The molecule has 4 atom stereocenters. The number of carbonyl (C=O) groups is 1. The zero-order valence-electron chi connectivity index (χ0n) is 21.0. The van der Waals surface area contributed by atoms with E-state index in [-0.39, 0.29) is 36.4 Å². The number of nitrogens with one attached hydrogen (secondary N) is 1. The van der Waals surface area contributed by atoms with Crippen LogP contribution in [0.4, 0.5) is 5.95 Å². The molecule has 2 aliphatic rings. The molecule has 0 saturated carbocycles. The molecule has 7 nitrogen and oxygen atoms in total. The van der Waals surface area contributed by atoms with E-state index in [4.69, 9.17) is 4.98 Å². The lowest BCUT2D eigenvalue weighted by Gasteiger charge is -2.42. The number of rotatable bonds is 6. The van der Waals surface area contributed by atoms with E-state index in [1.807, 2.05) is 47.5 Å². The quantitative estimate of drug-likeness (QED) is 0.555. The van der Waals surface area contributed by atoms with Crippen LogP contribution in [-0.4, -0.2) is 63.6 Å². The Bertz CT molecular complexity index is 1170. The lowest BCUT2D eigenvalue weighted by atomic mass is 9.79. The highest BCUT2D eigenvalue weighted by Crippen LogP contribution is 2.35. The lowest BCUT2D eigenvalue weighted by molar-refractivity contribution is -0.141. The van der Waals surface area contributed by atoms with E-state index in [1.165, 1.54) is 5.56 Å². The van der Waals surface area contributed by atoms with Crippen molar-refractivity contribution in [3.05, 3.63) is 89.2 Å². The number of anilines is 1. The van der Waals surface area contributed by atoms with Gasteiger partial charge in [0.15, 0.2) is 0 Å². The Morgan fingerprint density at radius 1 is 1.14 bits per heavy atom. The van der Waals surface area contributed by atoms with Gasteiger partial charge < -0.3 is 20.2 Å². The van der Waals surface area contributed by atoms with Crippen molar-refractivity contribution in [1.82, 2.24) is 19.8 Å². The molecule has 2 aliphatic heterocycles. The van der Waals surface area contributed by atoms with E-state index < -0.39 is 0 Å². The van der Waals surface area contributed by atoms with Crippen molar-refractivity contribution in [2.24, 2.45) is 5.92 Å². The second kappa shape index (κ2) is 10.8. The van der Waals surface area contributed by atoms with Gasteiger partial charge in [0.2, 0.25) is 11.9 Å². The van der Waals surface area contributed by atoms with Crippen LogP contribution >= 0.6 is 0 Å². The predicted octanol–water partition coefficient (Wildman–Crippen LogP) is 3.63. The highest BCUT2D eigenvalue weighted by atomic mass is 16.3. The van der Waals surface area contributed by atoms with Gasteiger partial charge in [-0.25, -0.2) is 9.97 Å². The van der Waals surface area contributed by atoms with Gasteiger partial charge in [-0.05, 0) is 50.0 Å². The highest BCUT2D eigenvalue weighted by Gasteiger charge is 2.39. The molecule has 1 fully saturated rings. The first-order valence-electron chi connectivity index (χ1n) is 12.8. The third kappa shape index (κ3) is 5.13. The summed E-state index contributed by atoms with van der Waals surface area (Å²) in [5.74, 6) is 0.842. The Hall–Kier alpha value is -3.29. The van der Waals surface area contributed by atoms with Gasteiger partial charge in [-0.15, -0.1) is 0 Å². The van der Waals surface area contributed by atoms with Gasteiger partial charge in [0.25, 0.3) is 0 Å². The van der Waals surface area contributed by atoms with Crippen LogP contribution in [-0.2, 0) is 17.8 Å². The smallest absolute Gasteiger partial charge is 0.227 e. The van der Waals surface area contributed by atoms with Gasteiger partial charge in [-0.2, -0.15) is 0 Å². The molecule has 1 amide bonds. The minimum atomic E-state index is -0.296. The van der Waals surface area contributed by atoms with Crippen molar-refractivity contribution in [2.45, 2.75) is 44.3 Å². The number of nitrogens with zero attached hydrogens (tertiary/aromatic N) is 4. The normalized spacial score (nSPS) is 23.1. The molecule has 1 saturated heterocycles. The summed E-state index contributed by atoms with van der Waals surface area (Å²) >= 11 is 0. The zero-order valence-corrected chi connectivity index (χ0v) is 21.0. The molecule has 2 N–H and O–H groups in total. The maximum absolute atomic E-state index is 14.0. The van der Waals surface area contributed by atoms with E-state index in [1.54, 1.807) is 0 Å². The molecule has 0 unspecified atom stereocenters. The van der Waals surface area contributed by atoms with Crippen LogP contribution in [0, 0.1) is 5.92 Å². The third-order valence-electron chi connectivity index (χ3n) is 7.65. The molecule has 3 heterocycles. The Balaban J connectivity index is 1.35. The van der Waals surface area contributed by atoms with Crippen molar-refractivity contribution in [2.75, 3.05) is 32.1 Å². The van der Waals surface area contributed by atoms with Crippen LogP contribution in [0.3, 0.4) is 0 Å². The van der Waals surface area contributed by atoms with E-state index in [0.29, 0.717) is 12.5 Å². The molecule has 188 valence electrons. The molecule has 36 heavy (non-hydrogen) atoms. The SMILES string of the molecule is C[C@@H]1Cc2cnc(N[C@@H](CO)c3ccccc3)nc2CN1C(=O)[C@H]1CCN(C)C[C@@H]1c1ccccc1. The summed E-state index contributed by atoms with van der Waals surface area (Å²) in [6, 6.07) is 20.0. The number of aliphatic hydroxyl groups is 1. The van der Waals surface area contributed by atoms with E-state index >= 15 is 0 Å². The number of carbonyl (C=O) groups excluding carboxylic acids is 1. The van der Waals surface area contributed by atoms with E-state index in [0.717, 1.165) is 42.8 Å². The Morgan fingerprint density at radius 3 is 2.58 bits per heavy atom. The predicted molar refractivity (Wildman–Crippen MR) is 140 cm³/mol. The number of fused-ring (bicyclic) bond motifs is 1. The summed E-state index contributed by atoms with van der Waals surface area (Å²) < 4.78 is 0. The van der Waals surface area contributed by atoms with Crippen LogP contribution in [0.5, 0.6) is 0 Å². The number of aliphatic hydroxyl groups excluding tert-OH is 1. The second-order valence-corrected chi connectivity index (χ2v) is 10.1. The van der Waals surface area contributed by atoms with Crippen LogP contribution in [0.25, 0.3) is 0 Å². The van der Waals surface area contributed by atoms with E-state index in [2.05, 4.69) is 53.4 Å². The third-order valence-corrected chi connectivity index (χ3v) is 7.65. The first-order chi connectivity index (χ1) is 17.5. The molecule has 0 bridgehead atoms. The van der Waals surface area contributed by atoms with Crippen molar-refractivity contribution < 1.29 is 9.90 Å². The molecule has 1 aromatic heterocycles. The fraction of sp³-hybridized carbons (Fsp3) is 0.414. The highest BCUT2D eigenvalue weighted by molar-refractivity contribution is 5.80. The molecule has 0 radical (unpaired) electrons. The fourth-order valence-corrected chi connectivity index (χ4v) is 5.60. The molecule has 0 aliphatic carbocycles. The van der Waals surface area contributed by atoms with Crippen molar-refractivity contribution in [1.29, 1.82) is 0 Å². The van der Waals surface area contributed by atoms with Gasteiger partial charge in [0, 0.05) is 30.6 Å². The first kappa shape index (κ1) is 24.4. The van der Waals surface area contributed by atoms with Gasteiger partial charge >= 0.3 is 0 Å². The maximum Gasteiger partial charge on any atom is 0.227 e. The minimum Gasteiger partial charge on any atom is -0.394 e. The molecule has 2 aromatic carbocycles. The molecule has 0 spiro atoms. The van der Waals surface area contributed by atoms with E-state index in [9.17, 15) is 9.90 Å². The standard InChI is InChI=1S/C29H35N5O2/c1-20-15-23-16-30-29(32-27(19-35)22-11-7-4-8-12-22)31-26(23)18-34(20)28(36)24-13-14-33(2)17-25(24)21-9-5-3-6-10-21/h3-12,16,20,24-25,27,35H,13-15,17-19H2,1-2H3,(H,30,31,32)/t20-,24+,25-,27+/m1/s1. The van der Waals surface area contributed by atoms with Crippen LogP contribution in [0.2, 0.25) is 0 Å². The van der Waals surface area contributed by atoms with Gasteiger partial charge in [0.05, 0.1) is 24.9 Å². The molecular formula is C29H35N5O2. The summed E-state index contributed by atoms with van der Waals surface area (Å²) in [4.78, 5) is 27.6. The summed E-state index contributed by atoms with van der Waals surface area (Å²) in [5, 5.41) is 13.2. The summed E-state index contributed by atoms with van der Waals surface area (Å²) in [6.45, 7) is 4.35. The van der Waals surface area contributed by atoms with Gasteiger partial charge in [0.1, 0.15) is 0 Å². The second-order valence-electron chi connectivity index (χ2n) is 10.1. The maximum atomic E-state index is 14.0. The molecule has 7 heteroatoms. The molecular weight excluding hydrogens is 450 g/mol. The number of likely N-dealkylation sites (tertiary alicyclic amines) is 1. The molecule has 5 rings (SSSR count). The number of benzene rings is 2. The fourth-order valence-electron chi connectivity index (χ4n) is 5.60. The number of aromatic nitrogens is 2. The topological polar surface area (TPSA) is 81.6 Å². The summed E-state index contributed by atoms with van der Waals surface area (Å²) in [5.41, 5.74) is 4.17. The largest absolute Gasteiger partial charge is 0.394 e. The summed E-state index contributed by atoms with van der Waals surface area (Å²) in [6.07, 6.45) is 3.47. The lowest BCUT2D eigenvalue weighted by Crippen LogP contribution is -2.50. The average molecular weight is 486 g/mol. The number of piperidine rings is 1. The minimum absolute atomic E-state index is 0.0381.